The number of ether oxygens (including phenoxy) is 1. The number of piperazine rings is 1. The molecule has 1 saturated heterocycles. The van der Waals surface area contributed by atoms with Gasteiger partial charge in [-0.05, 0) is 27.7 Å². The van der Waals surface area contributed by atoms with Crippen molar-refractivity contribution in [3.63, 3.8) is 0 Å². The van der Waals surface area contributed by atoms with Gasteiger partial charge in [0.2, 0.25) is 0 Å². The van der Waals surface area contributed by atoms with Crippen molar-refractivity contribution in [1.82, 2.24) is 15.2 Å². The summed E-state index contributed by atoms with van der Waals surface area (Å²) in [6.45, 7) is 12.6. The van der Waals surface area contributed by atoms with E-state index in [1.165, 1.54) is 16.2 Å². The summed E-state index contributed by atoms with van der Waals surface area (Å²) >= 11 is 1.52. The molecule has 6 nitrogen and oxygen atoms in total. The number of hydrogen-bond donors (Lipinski definition) is 2. The molecule has 1 aromatic rings. The maximum absolute atomic E-state index is 11.8. The molecule has 1 fully saturated rings. The van der Waals surface area contributed by atoms with E-state index in [1.807, 2.05) is 27.7 Å². The van der Waals surface area contributed by atoms with Crippen molar-refractivity contribution >= 4 is 22.6 Å². The Balaban J connectivity index is 1.93. The SMILES string of the molecule is Cc1nc(NC(=O)OC(C)(C)C)sc1CN1CCNCC1. The minimum atomic E-state index is -0.500. The molecule has 0 aromatic carbocycles. The fraction of sp³-hybridized carbons (Fsp3) is 0.714. The van der Waals surface area contributed by atoms with Gasteiger partial charge in [-0.2, -0.15) is 0 Å². The highest BCUT2D eigenvalue weighted by molar-refractivity contribution is 7.15. The van der Waals surface area contributed by atoms with Crippen LogP contribution in [0.15, 0.2) is 0 Å². The number of nitrogens with zero attached hydrogens (tertiary/aromatic N) is 2. The quantitative estimate of drug-likeness (QED) is 0.896. The standard InChI is InChI=1S/C14H24N4O2S/c1-10-11(9-18-7-5-15-6-8-18)21-12(16-10)17-13(19)20-14(2,3)4/h15H,5-9H2,1-4H3,(H,16,17,19). The summed E-state index contributed by atoms with van der Waals surface area (Å²) in [5, 5.41) is 6.66. The Labute approximate surface area is 129 Å². The molecule has 0 bridgehead atoms. The molecule has 1 aliphatic rings. The fourth-order valence-electron chi connectivity index (χ4n) is 2.09. The first-order valence-electron chi connectivity index (χ1n) is 7.23. The van der Waals surface area contributed by atoms with Crippen LogP contribution in [0.4, 0.5) is 9.93 Å². The molecule has 0 atom stereocenters. The first kappa shape index (κ1) is 16.2. The number of carbonyl (C=O) groups is 1. The van der Waals surface area contributed by atoms with Crippen LogP contribution in [0.3, 0.4) is 0 Å². The zero-order valence-electron chi connectivity index (χ0n) is 13.2. The van der Waals surface area contributed by atoms with Crippen molar-refractivity contribution < 1.29 is 9.53 Å². The van der Waals surface area contributed by atoms with E-state index in [9.17, 15) is 4.79 Å². The van der Waals surface area contributed by atoms with Gasteiger partial charge in [0.15, 0.2) is 5.13 Å². The minimum absolute atomic E-state index is 0.454. The third-order valence-electron chi connectivity index (χ3n) is 3.08. The molecule has 0 aliphatic carbocycles. The summed E-state index contributed by atoms with van der Waals surface area (Å²) in [7, 11) is 0. The maximum atomic E-state index is 11.8. The molecule has 2 heterocycles. The van der Waals surface area contributed by atoms with Gasteiger partial charge in [0.05, 0.1) is 5.69 Å². The molecule has 21 heavy (non-hydrogen) atoms. The molecule has 2 N–H and O–H groups in total. The van der Waals surface area contributed by atoms with Crippen molar-refractivity contribution in [2.24, 2.45) is 0 Å². The highest BCUT2D eigenvalue weighted by Gasteiger charge is 2.19. The second-order valence-corrected chi connectivity index (χ2v) is 7.26. The van der Waals surface area contributed by atoms with E-state index in [4.69, 9.17) is 4.74 Å². The van der Waals surface area contributed by atoms with E-state index in [0.29, 0.717) is 5.13 Å². The first-order chi connectivity index (χ1) is 9.83. The number of thiazole rings is 1. The maximum Gasteiger partial charge on any atom is 0.413 e. The van der Waals surface area contributed by atoms with Crippen LogP contribution in [0.5, 0.6) is 0 Å². The number of carbonyl (C=O) groups excluding carboxylic acids is 1. The number of rotatable bonds is 3. The van der Waals surface area contributed by atoms with Crippen LogP contribution in [-0.2, 0) is 11.3 Å². The van der Waals surface area contributed by atoms with E-state index >= 15 is 0 Å². The number of nitrogens with one attached hydrogen (secondary N) is 2. The number of aromatic nitrogens is 1. The largest absolute Gasteiger partial charge is 0.444 e. The second kappa shape index (κ2) is 6.72. The van der Waals surface area contributed by atoms with E-state index in [-0.39, 0.29) is 0 Å². The van der Waals surface area contributed by atoms with E-state index in [2.05, 4.69) is 20.5 Å². The normalized spacial score (nSPS) is 16.8. The summed E-state index contributed by atoms with van der Waals surface area (Å²) in [5.74, 6) is 0. The predicted molar refractivity (Wildman–Crippen MR) is 84.9 cm³/mol. The van der Waals surface area contributed by atoms with E-state index < -0.39 is 11.7 Å². The summed E-state index contributed by atoms with van der Waals surface area (Å²) in [6.07, 6.45) is -0.454. The van der Waals surface area contributed by atoms with Gasteiger partial charge >= 0.3 is 6.09 Å². The van der Waals surface area contributed by atoms with Crippen molar-refractivity contribution in [3.8, 4) is 0 Å². The number of anilines is 1. The lowest BCUT2D eigenvalue weighted by Crippen LogP contribution is -2.42. The van der Waals surface area contributed by atoms with Crippen LogP contribution in [0.1, 0.15) is 31.3 Å². The summed E-state index contributed by atoms with van der Waals surface area (Å²) in [4.78, 5) is 19.8. The highest BCUT2D eigenvalue weighted by Crippen LogP contribution is 2.24. The molecular formula is C14H24N4O2S. The molecule has 1 amide bonds. The lowest BCUT2D eigenvalue weighted by atomic mass is 10.2. The topological polar surface area (TPSA) is 66.5 Å². The van der Waals surface area contributed by atoms with Gasteiger partial charge in [-0.1, -0.05) is 11.3 Å². The molecule has 0 saturated carbocycles. The average molecular weight is 312 g/mol. The Kier molecular flexibility index (Phi) is 5.18. The Morgan fingerprint density at radius 1 is 1.43 bits per heavy atom. The molecule has 2 rings (SSSR count). The van der Waals surface area contributed by atoms with Crippen molar-refractivity contribution in [1.29, 1.82) is 0 Å². The first-order valence-corrected chi connectivity index (χ1v) is 8.04. The molecule has 1 aliphatic heterocycles. The van der Waals surface area contributed by atoms with Gasteiger partial charge in [0.1, 0.15) is 5.60 Å². The predicted octanol–water partition coefficient (Wildman–Crippen LogP) is 2.20. The fourth-order valence-corrected chi connectivity index (χ4v) is 3.08. The van der Waals surface area contributed by atoms with Crippen molar-refractivity contribution in [2.45, 2.75) is 39.8 Å². The van der Waals surface area contributed by atoms with Crippen LogP contribution >= 0.6 is 11.3 Å². The van der Waals surface area contributed by atoms with Gasteiger partial charge in [-0.25, -0.2) is 9.78 Å². The third kappa shape index (κ3) is 5.26. The molecule has 118 valence electrons. The van der Waals surface area contributed by atoms with Crippen LogP contribution < -0.4 is 10.6 Å². The van der Waals surface area contributed by atoms with Gasteiger partial charge in [-0.3, -0.25) is 10.2 Å². The summed E-state index contributed by atoms with van der Waals surface area (Å²) in [5.41, 5.74) is 0.476. The average Bonchev–Trinajstić information content (AvgIpc) is 2.68. The molecule has 0 spiro atoms. The van der Waals surface area contributed by atoms with Gasteiger partial charge in [0.25, 0.3) is 0 Å². The zero-order chi connectivity index (χ0) is 15.5. The minimum Gasteiger partial charge on any atom is -0.444 e. The molecule has 7 heteroatoms. The van der Waals surface area contributed by atoms with Crippen LogP contribution in [-0.4, -0.2) is 47.8 Å². The Hall–Kier alpha value is -1.18. The number of aryl methyl sites for hydroxylation is 1. The summed E-state index contributed by atoms with van der Waals surface area (Å²) in [6, 6.07) is 0. The third-order valence-corrected chi connectivity index (χ3v) is 4.13. The number of amides is 1. The van der Waals surface area contributed by atoms with E-state index in [1.54, 1.807) is 0 Å². The smallest absolute Gasteiger partial charge is 0.413 e. The Morgan fingerprint density at radius 3 is 2.71 bits per heavy atom. The molecular weight excluding hydrogens is 288 g/mol. The Morgan fingerprint density at radius 2 is 2.10 bits per heavy atom. The summed E-state index contributed by atoms with van der Waals surface area (Å²) < 4.78 is 5.24. The monoisotopic (exact) mass is 312 g/mol. The van der Waals surface area contributed by atoms with Gasteiger partial charge in [0, 0.05) is 37.6 Å². The van der Waals surface area contributed by atoms with Crippen LogP contribution in [0.2, 0.25) is 0 Å². The van der Waals surface area contributed by atoms with Gasteiger partial charge in [-0.15, -0.1) is 0 Å². The molecule has 0 unspecified atom stereocenters. The van der Waals surface area contributed by atoms with Crippen LogP contribution in [0.25, 0.3) is 0 Å². The van der Waals surface area contributed by atoms with Crippen molar-refractivity contribution in [2.75, 3.05) is 31.5 Å². The molecule has 1 aromatic heterocycles. The highest BCUT2D eigenvalue weighted by atomic mass is 32.1. The van der Waals surface area contributed by atoms with Gasteiger partial charge < -0.3 is 10.1 Å². The van der Waals surface area contributed by atoms with Crippen LogP contribution in [0, 0.1) is 6.92 Å². The Bertz CT molecular complexity index is 490. The molecule has 0 radical (unpaired) electrons. The lowest BCUT2D eigenvalue weighted by Gasteiger charge is -2.26. The van der Waals surface area contributed by atoms with E-state index in [0.717, 1.165) is 38.4 Å². The van der Waals surface area contributed by atoms with Crippen molar-refractivity contribution in [3.05, 3.63) is 10.6 Å². The number of hydrogen-bond acceptors (Lipinski definition) is 6. The zero-order valence-corrected chi connectivity index (χ0v) is 14.0. The lowest BCUT2D eigenvalue weighted by molar-refractivity contribution is 0.0636. The second-order valence-electron chi connectivity index (χ2n) is 6.18.